The standard InChI is InChI=1S/C10H11FO4/c1-3-15-9-7(11)4-6(10(12)13)5-8(9)14-2/h4-5H,3H2,1-2H3,(H,12,13). The van der Waals surface area contributed by atoms with Gasteiger partial charge in [-0.3, -0.25) is 0 Å². The van der Waals surface area contributed by atoms with Gasteiger partial charge in [-0.1, -0.05) is 0 Å². The molecule has 0 aliphatic rings. The van der Waals surface area contributed by atoms with E-state index in [4.69, 9.17) is 14.6 Å². The van der Waals surface area contributed by atoms with Crippen LogP contribution in [0.1, 0.15) is 17.3 Å². The zero-order valence-electron chi connectivity index (χ0n) is 8.41. The molecule has 82 valence electrons. The molecule has 0 fully saturated rings. The number of rotatable bonds is 4. The van der Waals surface area contributed by atoms with E-state index in [1.54, 1.807) is 6.92 Å². The van der Waals surface area contributed by atoms with Gasteiger partial charge >= 0.3 is 5.97 Å². The molecule has 4 nitrogen and oxygen atoms in total. The largest absolute Gasteiger partial charge is 0.493 e. The van der Waals surface area contributed by atoms with Gasteiger partial charge in [0, 0.05) is 0 Å². The van der Waals surface area contributed by atoms with E-state index in [0.29, 0.717) is 0 Å². The molecule has 0 aliphatic carbocycles. The summed E-state index contributed by atoms with van der Waals surface area (Å²) in [4.78, 5) is 10.6. The Balaban J connectivity index is 3.24. The van der Waals surface area contributed by atoms with Crippen molar-refractivity contribution in [3.05, 3.63) is 23.5 Å². The first-order valence-electron chi connectivity index (χ1n) is 4.33. The normalized spacial score (nSPS) is 9.80. The van der Waals surface area contributed by atoms with E-state index < -0.39 is 11.8 Å². The topological polar surface area (TPSA) is 55.8 Å². The van der Waals surface area contributed by atoms with Crippen molar-refractivity contribution in [2.24, 2.45) is 0 Å². The van der Waals surface area contributed by atoms with Crippen LogP contribution in [0, 0.1) is 5.82 Å². The van der Waals surface area contributed by atoms with Gasteiger partial charge in [-0.25, -0.2) is 9.18 Å². The Bertz CT molecular complexity index is 376. The van der Waals surface area contributed by atoms with Crippen molar-refractivity contribution in [3.63, 3.8) is 0 Å². The minimum absolute atomic E-state index is 0.0648. The number of ether oxygens (including phenoxy) is 2. The summed E-state index contributed by atoms with van der Waals surface area (Å²) in [5.41, 5.74) is -0.173. The first-order chi connectivity index (χ1) is 7.10. The summed E-state index contributed by atoms with van der Waals surface area (Å²) in [6.45, 7) is 1.98. The Morgan fingerprint density at radius 1 is 1.53 bits per heavy atom. The van der Waals surface area contributed by atoms with E-state index in [2.05, 4.69) is 0 Å². The molecular weight excluding hydrogens is 203 g/mol. The predicted molar refractivity (Wildman–Crippen MR) is 51.1 cm³/mol. The number of hydrogen-bond donors (Lipinski definition) is 1. The van der Waals surface area contributed by atoms with Gasteiger partial charge in [-0.15, -0.1) is 0 Å². The van der Waals surface area contributed by atoms with Crippen molar-refractivity contribution in [1.29, 1.82) is 0 Å². The highest BCUT2D eigenvalue weighted by Gasteiger charge is 2.15. The van der Waals surface area contributed by atoms with Gasteiger partial charge in [0.15, 0.2) is 17.3 Å². The van der Waals surface area contributed by atoms with Crippen LogP contribution in [0.2, 0.25) is 0 Å². The number of methoxy groups -OCH3 is 1. The summed E-state index contributed by atoms with van der Waals surface area (Å²) in [6, 6.07) is 2.12. The Hall–Kier alpha value is -1.78. The van der Waals surface area contributed by atoms with Crippen molar-refractivity contribution < 1.29 is 23.8 Å². The molecule has 1 aromatic rings. The summed E-state index contributed by atoms with van der Waals surface area (Å²) in [6.07, 6.45) is 0. The maximum atomic E-state index is 13.4. The van der Waals surface area contributed by atoms with E-state index in [9.17, 15) is 9.18 Å². The number of hydrogen-bond acceptors (Lipinski definition) is 3. The molecule has 15 heavy (non-hydrogen) atoms. The van der Waals surface area contributed by atoms with Crippen LogP contribution in [-0.2, 0) is 0 Å². The van der Waals surface area contributed by atoms with Crippen LogP contribution >= 0.6 is 0 Å². The molecule has 1 N–H and O–H groups in total. The summed E-state index contributed by atoms with van der Waals surface area (Å²) in [7, 11) is 1.32. The van der Waals surface area contributed by atoms with Crippen LogP contribution in [0.3, 0.4) is 0 Å². The minimum atomic E-state index is -1.21. The van der Waals surface area contributed by atoms with Crippen molar-refractivity contribution in [3.8, 4) is 11.5 Å². The van der Waals surface area contributed by atoms with Crippen LogP contribution in [0.15, 0.2) is 12.1 Å². The van der Waals surface area contributed by atoms with Gasteiger partial charge in [0.2, 0.25) is 0 Å². The fourth-order valence-corrected chi connectivity index (χ4v) is 1.13. The average Bonchev–Trinajstić information content (AvgIpc) is 2.20. The highest BCUT2D eigenvalue weighted by atomic mass is 19.1. The molecule has 1 aromatic carbocycles. The first-order valence-corrected chi connectivity index (χ1v) is 4.33. The maximum Gasteiger partial charge on any atom is 0.335 e. The third-order valence-electron chi connectivity index (χ3n) is 1.77. The van der Waals surface area contributed by atoms with Gasteiger partial charge in [0.05, 0.1) is 19.3 Å². The third kappa shape index (κ3) is 2.37. The number of benzene rings is 1. The fourth-order valence-electron chi connectivity index (χ4n) is 1.13. The molecule has 0 spiro atoms. The molecule has 0 atom stereocenters. The summed E-state index contributed by atoms with van der Waals surface area (Å²) < 4.78 is 23.2. The summed E-state index contributed by atoms with van der Waals surface area (Å²) in [5, 5.41) is 8.69. The van der Waals surface area contributed by atoms with Gasteiger partial charge in [-0.2, -0.15) is 0 Å². The van der Waals surface area contributed by atoms with E-state index in [1.165, 1.54) is 13.2 Å². The van der Waals surface area contributed by atoms with Crippen molar-refractivity contribution in [2.75, 3.05) is 13.7 Å². The highest BCUT2D eigenvalue weighted by Crippen LogP contribution is 2.31. The number of aromatic carboxylic acids is 1. The molecule has 0 aromatic heterocycles. The summed E-state index contributed by atoms with van der Waals surface area (Å²) in [5.74, 6) is -1.94. The minimum Gasteiger partial charge on any atom is -0.493 e. The molecule has 0 radical (unpaired) electrons. The van der Waals surface area contributed by atoms with E-state index in [1.807, 2.05) is 0 Å². The van der Waals surface area contributed by atoms with Crippen LogP contribution in [0.5, 0.6) is 11.5 Å². The number of carbonyl (C=O) groups is 1. The third-order valence-corrected chi connectivity index (χ3v) is 1.77. The van der Waals surface area contributed by atoms with Crippen LogP contribution < -0.4 is 9.47 Å². The second-order valence-electron chi connectivity index (χ2n) is 2.73. The summed E-state index contributed by atoms with van der Waals surface area (Å²) >= 11 is 0. The molecular formula is C10H11FO4. The predicted octanol–water partition coefficient (Wildman–Crippen LogP) is 1.93. The van der Waals surface area contributed by atoms with Crippen molar-refractivity contribution in [2.45, 2.75) is 6.92 Å². The van der Waals surface area contributed by atoms with Gasteiger partial charge in [0.25, 0.3) is 0 Å². The van der Waals surface area contributed by atoms with Gasteiger partial charge < -0.3 is 14.6 Å². The zero-order valence-corrected chi connectivity index (χ0v) is 8.41. The van der Waals surface area contributed by atoms with E-state index >= 15 is 0 Å². The van der Waals surface area contributed by atoms with Crippen LogP contribution in [-0.4, -0.2) is 24.8 Å². The molecule has 5 heteroatoms. The van der Waals surface area contributed by atoms with Crippen molar-refractivity contribution in [1.82, 2.24) is 0 Å². The maximum absolute atomic E-state index is 13.4. The lowest BCUT2D eigenvalue weighted by Gasteiger charge is -2.10. The molecule has 0 aliphatic heterocycles. The smallest absolute Gasteiger partial charge is 0.335 e. The lowest BCUT2D eigenvalue weighted by Crippen LogP contribution is -2.03. The highest BCUT2D eigenvalue weighted by molar-refractivity contribution is 5.88. The second-order valence-corrected chi connectivity index (χ2v) is 2.73. The molecule has 1 rings (SSSR count). The SMILES string of the molecule is CCOc1c(F)cc(C(=O)O)cc1OC. The molecule has 0 bridgehead atoms. The number of carboxylic acids is 1. The lowest BCUT2D eigenvalue weighted by molar-refractivity contribution is 0.0695. The van der Waals surface area contributed by atoms with Crippen molar-refractivity contribution >= 4 is 5.97 Å². The van der Waals surface area contributed by atoms with Crippen LogP contribution in [0.25, 0.3) is 0 Å². The van der Waals surface area contributed by atoms with E-state index in [0.717, 1.165) is 6.07 Å². The first kappa shape index (κ1) is 11.3. The number of carboxylic acid groups (broad SMARTS) is 1. The average molecular weight is 214 g/mol. The monoisotopic (exact) mass is 214 g/mol. The molecule has 0 saturated carbocycles. The molecule has 0 amide bonds. The number of halogens is 1. The Kier molecular flexibility index (Phi) is 3.49. The van der Waals surface area contributed by atoms with E-state index in [-0.39, 0.29) is 23.7 Å². The Morgan fingerprint density at radius 2 is 2.20 bits per heavy atom. The quantitative estimate of drug-likeness (QED) is 0.832. The zero-order chi connectivity index (χ0) is 11.4. The molecule has 0 heterocycles. The lowest BCUT2D eigenvalue weighted by atomic mass is 10.2. The molecule has 0 saturated heterocycles. The Labute approximate surface area is 86.2 Å². The van der Waals surface area contributed by atoms with Gasteiger partial charge in [0.1, 0.15) is 0 Å². The fraction of sp³-hybridized carbons (Fsp3) is 0.300. The molecule has 0 unspecified atom stereocenters. The Morgan fingerprint density at radius 3 is 2.67 bits per heavy atom. The second kappa shape index (κ2) is 4.63. The van der Waals surface area contributed by atoms with Crippen LogP contribution in [0.4, 0.5) is 4.39 Å². The van der Waals surface area contributed by atoms with Gasteiger partial charge in [-0.05, 0) is 19.1 Å².